The van der Waals surface area contributed by atoms with Crippen LogP contribution >= 0.6 is 0 Å². The zero-order valence-corrected chi connectivity index (χ0v) is 15.6. The number of nitrogens with zero attached hydrogens (tertiary/aromatic N) is 3. The molecular formula is C24H16F2N3+. The minimum Gasteiger partial charge on any atom is -0.206 e. The van der Waals surface area contributed by atoms with Crippen molar-refractivity contribution in [3.05, 3.63) is 99.9 Å². The van der Waals surface area contributed by atoms with Crippen molar-refractivity contribution < 1.29 is 13.3 Å². The first-order valence-corrected chi connectivity index (χ1v) is 8.76. The third-order valence-corrected chi connectivity index (χ3v) is 4.42. The number of benzene rings is 2. The van der Waals surface area contributed by atoms with Gasteiger partial charge in [0.25, 0.3) is 0 Å². The zero-order chi connectivity index (χ0) is 20.8. The maximum atomic E-state index is 13.4. The smallest absolute Gasteiger partial charge is 0.205 e. The molecule has 0 atom stereocenters. The third kappa shape index (κ3) is 4.61. The van der Waals surface area contributed by atoms with Crippen molar-refractivity contribution in [2.24, 2.45) is 7.05 Å². The summed E-state index contributed by atoms with van der Waals surface area (Å²) in [6, 6.07) is 18.2. The average molecular weight is 384 g/mol. The number of nitriles is 2. The van der Waals surface area contributed by atoms with Crippen molar-refractivity contribution >= 4 is 24.3 Å². The molecule has 0 aliphatic rings. The topological polar surface area (TPSA) is 51.5 Å². The summed E-state index contributed by atoms with van der Waals surface area (Å²) in [6.07, 6.45) is 7.36. The summed E-state index contributed by atoms with van der Waals surface area (Å²) < 4.78 is 28.9. The van der Waals surface area contributed by atoms with E-state index in [9.17, 15) is 8.78 Å². The van der Waals surface area contributed by atoms with Crippen LogP contribution in [-0.2, 0) is 7.05 Å². The van der Waals surface area contributed by atoms with E-state index in [2.05, 4.69) is 0 Å². The Morgan fingerprint density at radius 2 is 1.17 bits per heavy atom. The second-order valence-corrected chi connectivity index (χ2v) is 6.30. The second-order valence-electron chi connectivity index (χ2n) is 6.30. The van der Waals surface area contributed by atoms with E-state index in [1.165, 1.54) is 24.3 Å². The van der Waals surface area contributed by atoms with Crippen molar-refractivity contribution in [2.75, 3.05) is 0 Å². The predicted octanol–water partition coefficient (Wildman–Crippen LogP) is 4.87. The third-order valence-electron chi connectivity index (χ3n) is 4.42. The highest BCUT2D eigenvalue weighted by Gasteiger charge is 2.08. The van der Waals surface area contributed by atoms with Gasteiger partial charge in [0.2, 0.25) is 11.4 Å². The normalized spacial score (nSPS) is 10.9. The number of aromatic nitrogens is 1. The van der Waals surface area contributed by atoms with Crippen molar-refractivity contribution in [3.8, 4) is 12.1 Å². The van der Waals surface area contributed by atoms with Crippen molar-refractivity contribution in [1.29, 1.82) is 10.5 Å². The molecule has 3 aromatic rings. The summed E-state index contributed by atoms with van der Waals surface area (Å²) in [7, 11) is 1.90. The molecule has 5 heteroatoms. The number of hydrogen-bond acceptors (Lipinski definition) is 2. The van der Waals surface area contributed by atoms with Gasteiger partial charge in [0, 0.05) is 24.3 Å². The highest BCUT2D eigenvalue weighted by atomic mass is 19.1. The molecule has 3 rings (SSSR count). The average Bonchev–Trinajstić information content (AvgIpc) is 2.74. The fraction of sp³-hybridized carbons (Fsp3) is 0.0417. The van der Waals surface area contributed by atoms with E-state index in [4.69, 9.17) is 10.5 Å². The quantitative estimate of drug-likeness (QED) is 0.603. The molecule has 1 aromatic heterocycles. The molecule has 0 fully saturated rings. The zero-order valence-electron chi connectivity index (χ0n) is 15.6. The fourth-order valence-electron chi connectivity index (χ4n) is 2.78. The van der Waals surface area contributed by atoms with E-state index in [1.54, 1.807) is 12.1 Å². The van der Waals surface area contributed by atoms with Gasteiger partial charge in [-0.05, 0) is 53.6 Å². The molecule has 0 N–H and O–H groups in total. The van der Waals surface area contributed by atoms with Gasteiger partial charge in [0.05, 0.1) is 11.1 Å². The van der Waals surface area contributed by atoms with E-state index in [-0.39, 0.29) is 11.1 Å². The Morgan fingerprint density at radius 3 is 1.59 bits per heavy atom. The van der Waals surface area contributed by atoms with Crippen LogP contribution in [0, 0.1) is 34.3 Å². The van der Waals surface area contributed by atoms with Crippen molar-refractivity contribution in [3.63, 3.8) is 0 Å². The van der Waals surface area contributed by atoms with Crippen LogP contribution in [0.25, 0.3) is 24.3 Å². The molecule has 3 nitrogen and oxygen atoms in total. The summed E-state index contributed by atoms with van der Waals surface area (Å²) in [6.45, 7) is 0. The Morgan fingerprint density at radius 1 is 0.724 bits per heavy atom. The first-order valence-electron chi connectivity index (χ1n) is 8.76. The molecule has 2 aromatic carbocycles. The van der Waals surface area contributed by atoms with Crippen molar-refractivity contribution in [2.45, 2.75) is 0 Å². The lowest BCUT2D eigenvalue weighted by Gasteiger charge is -2.00. The maximum Gasteiger partial charge on any atom is 0.205 e. The van der Waals surface area contributed by atoms with Crippen LogP contribution in [0.15, 0.2) is 54.6 Å². The van der Waals surface area contributed by atoms with Crippen LogP contribution in [0.5, 0.6) is 0 Å². The van der Waals surface area contributed by atoms with Crippen LogP contribution in [0.1, 0.15) is 33.6 Å². The van der Waals surface area contributed by atoms with Crippen LogP contribution in [-0.4, -0.2) is 0 Å². The molecule has 0 spiro atoms. The first-order chi connectivity index (χ1) is 14.0. The molecule has 0 aliphatic heterocycles. The van der Waals surface area contributed by atoms with E-state index in [0.29, 0.717) is 0 Å². The molecule has 29 heavy (non-hydrogen) atoms. The number of rotatable bonds is 4. The number of halogens is 2. The minimum absolute atomic E-state index is 0.00393. The minimum atomic E-state index is -0.539. The van der Waals surface area contributed by atoms with Gasteiger partial charge in [-0.1, -0.05) is 12.1 Å². The Balaban J connectivity index is 1.86. The summed E-state index contributed by atoms with van der Waals surface area (Å²) >= 11 is 0. The van der Waals surface area contributed by atoms with E-state index in [1.807, 2.05) is 66.3 Å². The largest absolute Gasteiger partial charge is 0.206 e. The van der Waals surface area contributed by atoms with Gasteiger partial charge < -0.3 is 0 Å². The lowest BCUT2D eigenvalue weighted by Crippen LogP contribution is -2.35. The summed E-state index contributed by atoms with van der Waals surface area (Å²) in [4.78, 5) is 0. The van der Waals surface area contributed by atoms with Gasteiger partial charge in [0.15, 0.2) is 0 Å². The summed E-state index contributed by atoms with van der Waals surface area (Å²) in [5.41, 5.74) is 3.24. The Bertz CT molecular complexity index is 1120. The fourth-order valence-corrected chi connectivity index (χ4v) is 2.78. The Kier molecular flexibility index (Phi) is 5.92. The molecule has 0 saturated carbocycles. The second kappa shape index (κ2) is 8.73. The molecule has 0 aliphatic carbocycles. The lowest BCUT2D eigenvalue weighted by atomic mass is 10.1. The van der Waals surface area contributed by atoms with Crippen LogP contribution < -0.4 is 4.57 Å². The molecule has 0 radical (unpaired) electrons. The van der Waals surface area contributed by atoms with Gasteiger partial charge in [0.1, 0.15) is 30.8 Å². The van der Waals surface area contributed by atoms with Crippen molar-refractivity contribution in [1.82, 2.24) is 0 Å². The predicted molar refractivity (Wildman–Crippen MR) is 108 cm³/mol. The van der Waals surface area contributed by atoms with Crippen LogP contribution in [0.4, 0.5) is 8.78 Å². The maximum absolute atomic E-state index is 13.4. The Labute approximate surface area is 167 Å². The molecule has 0 amide bonds. The first kappa shape index (κ1) is 19.7. The highest BCUT2D eigenvalue weighted by molar-refractivity contribution is 5.70. The number of pyridine rings is 1. The van der Waals surface area contributed by atoms with Gasteiger partial charge >= 0.3 is 0 Å². The van der Waals surface area contributed by atoms with Gasteiger partial charge in [-0.25, -0.2) is 8.78 Å². The molecular weight excluding hydrogens is 368 g/mol. The highest BCUT2D eigenvalue weighted by Crippen LogP contribution is 2.14. The Hall–Kier alpha value is -4.09. The summed E-state index contributed by atoms with van der Waals surface area (Å²) in [5, 5.41) is 17.9. The number of hydrogen-bond donors (Lipinski definition) is 0. The lowest BCUT2D eigenvalue weighted by molar-refractivity contribution is -0.675. The van der Waals surface area contributed by atoms with Gasteiger partial charge in [-0.2, -0.15) is 15.1 Å². The van der Waals surface area contributed by atoms with Crippen LogP contribution in [0.3, 0.4) is 0 Å². The van der Waals surface area contributed by atoms with E-state index >= 15 is 0 Å². The van der Waals surface area contributed by atoms with E-state index in [0.717, 1.165) is 22.5 Å². The van der Waals surface area contributed by atoms with Crippen LogP contribution in [0.2, 0.25) is 0 Å². The van der Waals surface area contributed by atoms with Gasteiger partial charge in [-0.15, -0.1) is 0 Å². The molecule has 0 unspecified atom stereocenters. The molecule has 140 valence electrons. The van der Waals surface area contributed by atoms with E-state index < -0.39 is 11.6 Å². The SMILES string of the molecule is C[n+]1c(/C=C/c2ccc(F)c(C#N)c2)cccc1/C=C/c1ccc(F)c(C#N)c1. The molecule has 0 bridgehead atoms. The molecule has 0 saturated heterocycles. The summed E-state index contributed by atoms with van der Waals surface area (Å²) in [5.74, 6) is -1.08. The van der Waals surface area contributed by atoms with Gasteiger partial charge in [-0.3, -0.25) is 0 Å². The molecule has 1 heterocycles. The standard InChI is InChI=1S/C24H16F2N3/c1-29-21(9-5-17-7-11-23(25)19(13-17)15-27)3-2-4-22(29)10-6-18-8-12-24(26)20(14-18)16-28/h2-14H,1H3/q+1/b9-5+,10-6+. The monoisotopic (exact) mass is 384 g/mol.